The summed E-state index contributed by atoms with van der Waals surface area (Å²) in [4.78, 5) is 29.6. The fourth-order valence-electron chi connectivity index (χ4n) is 4.65. The highest BCUT2D eigenvalue weighted by Crippen LogP contribution is 2.25. The Morgan fingerprint density at radius 3 is 1.95 bits per heavy atom. The van der Waals surface area contributed by atoms with Gasteiger partial charge in [0, 0.05) is 23.0 Å². The lowest BCUT2D eigenvalue weighted by molar-refractivity contribution is -0.140. The van der Waals surface area contributed by atoms with E-state index in [1.54, 1.807) is 30.3 Å². The van der Waals surface area contributed by atoms with Crippen molar-refractivity contribution in [2.45, 2.75) is 50.2 Å². The second kappa shape index (κ2) is 14.2. The molecular weight excluding hydrogens is 645 g/mol. The lowest BCUT2D eigenvalue weighted by atomic mass is 10.0. The van der Waals surface area contributed by atoms with E-state index in [4.69, 9.17) is 0 Å². The molecular formula is C34H35BrFN3O4S. The molecule has 0 bridgehead atoms. The number of hydrogen-bond donors (Lipinski definition) is 1. The first-order chi connectivity index (χ1) is 20.8. The molecule has 10 heteroatoms. The molecule has 7 nitrogen and oxygen atoms in total. The number of amides is 2. The van der Waals surface area contributed by atoms with E-state index in [0.717, 1.165) is 32.0 Å². The molecule has 0 unspecified atom stereocenters. The zero-order valence-corrected chi connectivity index (χ0v) is 27.2. The van der Waals surface area contributed by atoms with Gasteiger partial charge in [0.2, 0.25) is 11.8 Å². The van der Waals surface area contributed by atoms with E-state index in [1.807, 2.05) is 75.4 Å². The van der Waals surface area contributed by atoms with E-state index < -0.39 is 39.9 Å². The van der Waals surface area contributed by atoms with Crippen molar-refractivity contribution in [2.24, 2.45) is 0 Å². The number of carbonyl (C=O) groups is 2. The summed E-state index contributed by atoms with van der Waals surface area (Å²) in [6.07, 6.45) is 0.209. The first-order valence-electron chi connectivity index (χ1n) is 14.1. The van der Waals surface area contributed by atoms with Gasteiger partial charge in [-0.2, -0.15) is 0 Å². The number of sulfonamides is 1. The van der Waals surface area contributed by atoms with Crippen molar-refractivity contribution < 1.29 is 22.4 Å². The summed E-state index contributed by atoms with van der Waals surface area (Å²) in [7, 11) is -4.30. The number of hydrogen-bond acceptors (Lipinski definition) is 4. The Balaban J connectivity index is 1.79. The second-order valence-corrected chi connectivity index (χ2v) is 14.2. The molecule has 4 rings (SSSR count). The Morgan fingerprint density at radius 2 is 1.39 bits per heavy atom. The monoisotopic (exact) mass is 679 g/mol. The van der Waals surface area contributed by atoms with Crippen LogP contribution in [0.3, 0.4) is 0 Å². The number of anilines is 1. The molecule has 0 fully saturated rings. The van der Waals surface area contributed by atoms with Crippen molar-refractivity contribution in [3.8, 4) is 0 Å². The fourth-order valence-corrected chi connectivity index (χ4v) is 6.33. The van der Waals surface area contributed by atoms with Gasteiger partial charge in [-0.15, -0.1) is 0 Å². The molecule has 4 aromatic rings. The van der Waals surface area contributed by atoms with E-state index in [2.05, 4.69) is 21.2 Å². The van der Waals surface area contributed by atoms with Crippen LogP contribution in [0, 0.1) is 5.82 Å². The van der Waals surface area contributed by atoms with Crippen LogP contribution in [0.2, 0.25) is 0 Å². The zero-order chi connectivity index (χ0) is 31.9. The molecule has 0 spiro atoms. The number of para-hydroxylation sites is 1. The summed E-state index contributed by atoms with van der Waals surface area (Å²) in [5, 5.41) is 3.01. The maximum atomic E-state index is 14.4. The van der Waals surface area contributed by atoms with Crippen LogP contribution in [0.1, 0.15) is 31.9 Å². The SMILES string of the molecule is CC(C)(C)NC(=O)[C@H](Cc1ccccc1)N(Cc1ccc(Br)cc1)C(=O)CN(c1ccccc1)S(=O)(=O)c1ccc(F)cc1. The number of benzene rings is 4. The van der Waals surface area contributed by atoms with Crippen molar-refractivity contribution in [1.82, 2.24) is 10.2 Å². The maximum absolute atomic E-state index is 14.4. The van der Waals surface area contributed by atoms with Crippen LogP contribution >= 0.6 is 15.9 Å². The molecule has 0 saturated heterocycles. The number of nitrogens with zero attached hydrogens (tertiary/aromatic N) is 2. The molecule has 44 heavy (non-hydrogen) atoms. The molecule has 1 atom stereocenters. The van der Waals surface area contributed by atoms with Crippen LogP contribution < -0.4 is 9.62 Å². The molecule has 230 valence electrons. The van der Waals surface area contributed by atoms with Crippen molar-refractivity contribution in [2.75, 3.05) is 10.8 Å². The van der Waals surface area contributed by atoms with Crippen LogP contribution in [0.4, 0.5) is 10.1 Å². The van der Waals surface area contributed by atoms with Crippen LogP contribution in [-0.2, 0) is 32.6 Å². The molecule has 0 aliphatic carbocycles. The third-order valence-electron chi connectivity index (χ3n) is 6.76. The Bertz CT molecular complexity index is 1660. The summed E-state index contributed by atoms with van der Waals surface area (Å²) in [6.45, 7) is 5.04. The smallest absolute Gasteiger partial charge is 0.264 e. The number of nitrogens with one attached hydrogen (secondary N) is 1. The van der Waals surface area contributed by atoms with Gasteiger partial charge in [-0.1, -0.05) is 76.6 Å². The molecule has 4 aromatic carbocycles. The van der Waals surface area contributed by atoms with E-state index in [-0.39, 0.29) is 29.5 Å². The van der Waals surface area contributed by atoms with Crippen molar-refractivity contribution in [1.29, 1.82) is 0 Å². The third-order valence-corrected chi connectivity index (χ3v) is 9.08. The van der Waals surface area contributed by atoms with Crippen LogP contribution in [0.5, 0.6) is 0 Å². The number of rotatable bonds is 11. The highest BCUT2D eigenvalue weighted by Gasteiger charge is 2.35. The number of halogens is 2. The van der Waals surface area contributed by atoms with Crippen LogP contribution in [-0.4, -0.2) is 43.3 Å². The summed E-state index contributed by atoms with van der Waals surface area (Å²) in [6, 6.07) is 28.5. The quantitative estimate of drug-likeness (QED) is 0.201. The summed E-state index contributed by atoms with van der Waals surface area (Å²) >= 11 is 3.44. The Kier molecular flexibility index (Phi) is 10.6. The highest BCUT2D eigenvalue weighted by atomic mass is 79.9. The van der Waals surface area contributed by atoms with Gasteiger partial charge in [0.15, 0.2) is 0 Å². The summed E-state index contributed by atoms with van der Waals surface area (Å²) < 4.78 is 43.4. The average Bonchev–Trinajstić information content (AvgIpc) is 2.98. The molecule has 0 aliphatic rings. The van der Waals surface area contributed by atoms with Crippen LogP contribution in [0.15, 0.2) is 119 Å². The van der Waals surface area contributed by atoms with Gasteiger partial charge < -0.3 is 10.2 Å². The van der Waals surface area contributed by atoms with Crippen molar-refractivity contribution >= 4 is 43.5 Å². The second-order valence-electron chi connectivity index (χ2n) is 11.4. The largest absolute Gasteiger partial charge is 0.350 e. The first kappa shape index (κ1) is 32.9. The third kappa shape index (κ3) is 8.76. The molecule has 2 amide bonds. The van der Waals surface area contributed by atoms with Gasteiger partial charge in [0.1, 0.15) is 18.4 Å². The van der Waals surface area contributed by atoms with Gasteiger partial charge in [-0.25, -0.2) is 12.8 Å². The van der Waals surface area contributed by atoms with Crippen molar-refractivity contribution in [3.05, 3.63) is 131 Å². The van der Waals surface area contributed by atoms with Gasteiger partial charge in [-0.3, -0.25) is 13.9 Å². The van der Waals surface area contributed by atoms with Gasteiger partial charge in [0.05, 0.1) is 10.6 Å². The van der Waals surface area contributed by atoms with Gasteiger partial charge in [0.25, 0.3) is 10.0 Å². The van der Waals surface area contributed by atoms with Gasteiger partial charge in [-0.05, 0) is 80.4 Å². The predicted octanol–water partition coefficient (Wildman–Crippen LogP) is 6.34. The normalized spacial score (nSPS) is 12.3. The summed E-state index contributed by atoms with van der Waals surface area (Å²) in [5.41, 5.74) is 1.28. The van der Waals surface area contributed by atoms with E-state index in [0.29, 0.717) is 0 Å². The fraction of sp³-hybridized carbons (Fsp3) is 0.235. The van der Waals surface area contributed by atoms with E-state index >= 15 is 0 Å². The Hall–Kier alpha value is -4.02. The van der Waals surface area contributed by atoms with Crippen molar-refractivity contribution in [3.63, 3.8) is 0 Å². The molecule has 0 aromatic heterocycles. The van der Waals surface area contributed by atoms with E-state index in [1.165, 1.54) is 17.0 Å². The minimum atomic E-state index is -4.30. The molecule has 0 heterocycles. The maximum Gasteiger partial charge on any atom is 0.264 e. The Morgan fingerprint density at radius 1 is 0.818 bits per heavy atom. The molecule has 0 radical (unpaired) electrons. The zero-order valence-electron chi connectivity index (χ0n) is 24.8. The average molecular weight is 681 g/mol. The lowest BCUT2D eigenvalue weighted by Crippen LogP contribution is -2.56. The van der Waals surface area contributed by atoms with E-state index in [9.17, 15) is 22.4 Å². The van der Waals surface area contributed by atoms with Crippen LogP contribution in [0.25, 0.3) is 0 Å². The minimum absolute atomic E-state index is 0.0560. The highest BCUT2D eigenvalue weighted by molar-refractivity contribution is 9.10. The Labute approximate surface area is 266 Å². The predicted molar refractivity (Wildman–Crippen MR) is 174 cm³/mol. The number of carbonyl (C=O) groups excluding carboxylic acids is 2. The summed E-state index contributed by atoms with van der Waals surface area (Å²) in [5.74, 6) is -1.52. The first-order valence-corrected chi connectivity index (χ1v) is 16.3. The molecule has 1 N–H and O–H groups in total. The molecule has 0 aliphatic heterocycles. The standard InChI is InChI=1S/C34H35BrFN3O4S/c1-34(2,3)37-33(41)31(22-25-10-6-4-7-11-25)38(23-26-14-16-27(35)17-15-26)32(40)24-39(29-12-8-5-9-13-29)44(42,43)30-20-18-28(36)19-21-30/h4-21,31H,22-24H2,1-3H3,(H,37,41)/t31-/m0/s1. The topological polar surface area (TPSA) is 86.8 Å². The molecule has 0 saturated carbocycles. The van der Waals surface area contributed by atoms with Gasteiger partial charge >= 0.3 is 0 Å². The minimum Gasteiger partial charge on any atom is -0.350 e. The lowest BCUT2D eigenvalue weighted by Gasteiger charge is -2.35.